The van der Waals surface area contributed by atoms with E-state index in [4.69, 9.17) is 0 Å². The molecule has 1 heterocycles. The highest BCUT2D eigenvalue weighted by Gasteiger charge is 2.34. The Morgan fingerprint density at radius 2 is 0.931 bits per heavy atom. The second-order valence-corrected chi connectivity index (χ2v) is 10.7. The summed E-state index contributed by atoms with van der Waals surface area (Å²) in [7, 11) is 0. The molecule has 1 saturated heterocycles. The standard InChI is InChI=1S/C25H44N2O2/c1-18(2)20-6-10-22(11-7-20)24(28)26-14-5-15-27(17-16-26)25(29)23-12-8-21(9-13-23)19(3)4/h18-23H,5-17H2,1-4H3. The van der Waals surface area contributed by atoms with Crippen molar-refractivity contribution in [1.29, 1.82) is 0 Å². The van der Waals surface area contributed by atoms with Gasteiger partial charge in [-0.15, -0.1) is 0 Å². The molecular weight excluding hydrogens is 360 g/mol. The maximum Gasteiger partial charge on any atom is 0.225 e. The minimum Gasteiger partial charge on any atom is -0.341 e. The van der Waals surface area contributed by atoms with Crippen molar-refractivity contribution >= 4 is 11.8 Å². The molecule has 3 aliphatic rings. The van der Waals surface area contributed by atoms with Crippen LogP contribution in [0.1, 0.15) is 85.5 Å². The van der Waals surface area contributed by atoms with Gasteiger partial charge in [0.1, 0.15) is 0 Å². The highest BCUT2D eigenvalue weighted by atomic mass is 16.2. The second kappa shape index (κ2) is 10.3. The Morgan fingerprint density at radius 3 is 1.24 bits per heavy atom. The van der Waals surface area contributed by atoms with Crippen molar-refractivity contribution in [3.8, 4) is 0 Å². The first-order chi connectivity index (χ1) is 13.9. The van der Waals surface area contributed by atoms with Crippen LogP contribution in [0.15, 0.2) is 0 Å². The van der Waals surface area contributed by atoms with Crippen LogP contribution in [0.5, 0.6) is 0 Å². The molecular formula is C25H44N2O2. The molecule has 0 aromatic rings. The van der Waals surface area contributed by atoms with Crippen molar-refractivity contribution < 1.29 is 9.59 Å². The largest absolute Gasteiger partial charge is 0.341 e. The Bertz CT molecular complexity index is 495. The summed E-state index contributed by atoms with van der Waals surface area (Å²) in [5.74, 6) is 4.22. The summed E-state index contributed by atoms with van der Waals surface area (Å²) >= 11 is 0. The Kier molecular flexibility index (Phi) is 8.04. The number of hydrogen-bond donors (Lipinski definition) is 0. The first-order valence-electron chi connectivity index (χ1n) is 12.4. The topological polar surface area (TPSA) is 40.6 Å². The van der Waals surface area contributed by atoms with Gasteiger partial charge in [-0.1, -0.05) is 27.7 Å². The molecule has 0 aromatic heterocycles. The van der Waals surface area contributed by atoms with Gasteiger partial charge in [0.05, 0.1) is 0 Å². The molecule has 2 aliphatic carbocycles. The lowest BCUT2D eigenvalue weighted by atomic mass is 9.76. The third-order valence-electron chi connectivity index (χ3n) is 8.25. The van der Waals surface area contributed by atoms with Crippen molar-refractivity contribution in [3.05, 3.63) is 0 Å². The Labute approximate surface area is 178 Å². The zero-order valence-electron chi connectivity index (χ0n) is 19.4. The van der Waals surface area contributed by atoms with Crippen molar-refractivity contribution in [2.45, 2.75) is 85.5 Å². The van der Waals surface area contributed by atoms with Gasteiger partial charge < -0.3 is 9.80 Å². The predicted molar refractivity (Wildman–Crippen MR) is 118 cm³/mol. The molecule has 0 unspecified atom stereocenters. The fourth-order valence-corrected chi connectivity index (χ4v) is 5.94. The summed E-state index contributed by atoms with van der Waals surface area (Å²) in [6, 6.07) is 0. The maximum absolute atomic E-state index is 13.1. The van der Waals surface area contributed by atoms with E-state index >= 15 is 0 Å². The first-order valence-corrected chi connectivity index (χ1v) is 12.4. The lowest BCUT2D eigenvalue weighted by Crippen LogP contribution is -2.42. The van der Waals surface area contributed by atoms with Crippen LogP contribution in [0.2, 0.25) is 0 Å². The van der Waals surface area contributed by atoms with Crippen molar-refractivity contribution in [3.63, 3.8) is 0 Å². The molecule has 3 rings (SSSR count). The van der Waals surface area contributed by atoms with Gasteiger partial charge in [-0.05, 0) is 81.5 Å². The summed E-state index contributed by atoms with van der Waals surface area (Å²) in [4.78, 5) is 30.3. The zero-order valence-corrected chi connectivity index (χ0v) is 19.4. The van der Waals surface area contributed by atoms with E-state index in [1.54, 1.807) is 0 Å². The third kappa shape index (κ3) is 5.76. The fourth-order valence-electron chi connectivity index (χ4n) is 5.94. The summed E-state index contributed by atoms with van der Waals surface area (Å²) in [6.45, 7) is 12.3. The molecule has 0 spiro atoms. The SMILES string of the molecule is CC(C)C1CCC(C(=O)N2CCCN(C(=O)C3CCC(C(C)C)CC3)CC2)CC1. The highest BCUT2D eigenvalue weighted by molar-refractivity contribution is 5.80. The smallest absolute Gasteiger partial charge is 0.225 e. The molecule has 0 atom stereocenters. The van der Waals surface area contributed by atoms with Gasteiger partial charge in [-0.25, -0.2) is 0 Å². The number of carbonyl (C=O) groups is 2. The third-order valence-corrected chi connectivity index (χ3v) is 8.25. The van der Waals surface area contributed by atoms with Crippen LogP contribution < -0.4 is 0 Å². The van der Waals surface area contributed by atoms with Gasteiger partial charge >= 0.3 is 0 Å². The first kappa shape index (κ1) is 22.6. The Balaban J connectivity index is 1.46. The molecule has 3 fully saturated rings. The van der Waals surface area contributed by atoms with Gasteiger partial charge in [0.15, 0.2) is 0 Å². The van der Waals surface area contributed by atoms with E-state index in [2.05, 4.69) is 37.5 Å². The van der Waals surface area contributed by atoms with Crippen LogP contribution in [0, 0.1) is 35.5 Å². The molecule has 0 bridgehead atoms. The van der Waals surface area contributed by atoms with Crippen LogP contribution in [0.3, 0.4) is 0 Å². The average Bonchev–Trinajstić information content (AvgIpc) is 2.99. The summed E-state index contributed by atoms with van der Waals surface area (Å²) < 4.78 is 0. The van der Waals surface area contributed by atoms with Gasteiger partial charge in [0.25, 0.3) is 0 Å². The Morgan fingerprint density at radius 1 is 0.586 bits per heavy atom. The van der Waals surface area contributed by atoms with E-state index in [1.165, 1.54) is 25.7 Å². The van der Waals surface area contributed by atoms with Gasteiger partial charge in [0.2, 0.25) is 11.8 Å². The number of amides is 2. The molecule has 4 heteroatoms. The lowest BCUT2D eigenvalue weighted by molar-refractivity contribution is -0.139. The van der Waals surface area contributed by atoms with Crippen LogP contribution in [-0.4, -0.2) is 47.8 Å². The molecule has 0 aromatic carbocycles. The molecule has 0 N–H and O–H groups in total. The van der Waals surface area contributed by atoms with Crippen LogP contribution in [0.4, 0.5) is 0 Å². The van der Waals surface area contributed by atoms with Crippen LogP contribution in [0.25, 0.3) is 0 Å². The van der Waals surface area contributed by atoms with E-state index in [1.807, 2.05) is 0 Å². The van der Waals surface area contributed by atoms with Crippen molar-refractivity contribution in [2.24, 2.45) is 35.5 Å². The van der Waals surface area contributed by atoms with E-state index in [0.717, 1.165) is 82.0 Å². The summed E-state index contributed by atoms with van der Waals surface area (Å²) in [6.07, 6.45) is 9.95. The highest BCUT2D eigenvalue weighted by Crippen LogP contribution is 2.35. The van der Waals surface area contributed by atoms with E-state index in [0.29, 0.717) is 11.8 Å². The molecule has 1 aliphatic heterocycles. The quantitative estimate of drug-likeness (QED) is 0.663. The number of hydrogen-bond acceptors (Lipinski definition) is 2. The molecule has 2 amide bonds. The molecule has 166 valence electrons. The summed E-state index contributed by atoms with van der Waals surface area (Å²) in [5.41, 5.74) is 0. The monoisotopic (exact) mass is 404 g/mol. The predicted octanol–water partition coefficient (Wildman–Crippen LogP) is 4.97. The molecule has 2 saturated carbocycles. The van der Waals surface area contributed by atoms with E-state index in [9.17, 15) is 9.59 Å². The fraction of sp³-hybridized carbons (Fsp3) is 0.920. The van der Waals surface area contributed by atoms with Crippen molar-refractivity contribution in [2.75, 3.05) is 26.2 Å². The van der Waals surface area contributed by atoms with Gasteiger partial charge in [0, 0.05) is 38.0 Å². The minimum absolute atomic E-state index is 0.221. The van der Waals surface area contributed by atoms with Gasteiger partial charge in [-0.2, -0.15) is 0 Å². The Hall–Kier alpha value is -1.06. The number of nitrogens with zero attached hydrogens (tertiary/aromatic N) is 2. The maximum atomic E-state index is 13.1. The lowest BCUT2D eigenvalue weighted by Gasteiger charge is -2.34. The zero-order chi connectivity index (χ0) is 21.0. The van der Waals surface area contributed by atoms with Gasteiger partial charge in [-0.3, -0.25) is 9.59 Å². The minimum atomic E-state index is 0.221. The van der Waals surface area contributed by atoms with Crippen LogP contribution >= 0.6 is 0 Å². The molecule has 4 nitrogen and oxygen atoms in total. The second-order valence-electron chi connectivity index (χ2n) is 10.7. The van der Waals surface area contributed by atoms with E-state index < -0.39 is 0 Å². The van der Waals surface area contributed by atoms with Crippen LogP contribution in [-0.2, 0) is 9.59 Å². The molecule has 0 radical (unpaired) electrons. The average molecular weight is 405 g/mol. The summed E-state index contributed by atoms with van der Waals surface area (Å²) in [5, 5.41) is 0. The number of carbonyl (C=O) groups excluding carboxylic acids is 2. The number of rotatable bonds is 4. The van der Waals surface area contributed by atoms with Crippen molar-refractivity contribution in [1.82, 2.24) is 9.80 Å². The van der Waals surface area contributed by atoms with E-state index in [-0.39, 0.29) is 11.8 Å². The normalized spacial score (nSPS) is 31.8. The molecule has 29 heavy (non-hydrogen) atoms.